The van der Waals surface area contributed by atoms with E-state index in [1.165, 1.54) is 14.0 Å². The van der Waals surface area contributed by atoms with Crippen molar-refractivity contribution in [1.82, 2.24) is 0 Å². The van der Waals surface area contributed by atoms with Crippen LogP contribution in [-0.2, 0) is 4.74 Å². The van der Waals surface area contributed by atoms with Crippen LogP contribution >= 0.6 is 15.9 Å². The Morgan fingerprint density at radius 2 is 2.05 bits per heavy atom. The number of carbonyl (C=O) groups is 2. The van der Waals surface area contributed by atoms with Crippen LogP contribution in [-0.4, -0.2) is 19.0 Å². The third-order valence-corrected chi connectivity index (χ3v) is 3.62. The minimum Gasteiger partial charge on any atom is -0.465 e. The van der Waals surface area contributed by atoms with Gasteiger partial charge in [-0.1, -0.05) is 12.1 Å². The number of anilines is 1. The van der Waals surface area contributed by atoms with Crippen LogP contribution in [0.15, 0.2) is 33.2 Å². The van der Waals surface area contributed by atoms with Crippen molar-refractivity contribution in [2.24, 2.45) is 0 Å². The van der Waals surface area contributed by atoms with E-state index in [4.69, 9.17) is 4.42 Å². The molecule has 0 fully saturated rings. The van der Waals surface area contributed by atoms with Gasteiger partial charge < -0.3 is 9.15 Å². The lowest BCUT2D eigenvalue weighted by molar-refractivity contribution is 0.0598. The highest BCUT2D eigenvalue weighted by Crippen LogP contribution is 2.28. The first kappa shape index (κ1) is 15.8. The molecule has 0 aliphatic carbocycles. The van der Waals surface area contributed by atoms with Gasteiger partial charge in [-0.25, -0.2) is 4.79 Å². The van der Waals surface area contributed by atoms with Crippen LogP contribution in [0.3, 0.4) is 0 Å². The van der Waals surface area contributed by atoms with E-state index in [2.05, 4.69) is 26.0 Å². The number of halogens is 1. The Kier molecular flexibility index (Phi) is 4.63. The van der Waals surface area contributed by atoms with Crippen molar-refractivity contribution < 1.29 is 18.7 Å². The van der Waals surface area contributed by atoms with Crippen LogP contribution < -0.4 is 5.32 Å². The zero-order valence-electron chi connectivity index (χ0n) is 11.8. The minimum absolute atomic E-state index is 0.00688. The summed E-state index contributed by atoms with van der Waals surface area (Å²) in [5.41, 5.74) is 0.317. The molecular weight excluding hydrogens is 352 g/mol. The van der Waals surface area contributed by atoms with Crippen LogP contribution in [0, 0.1) is 18.3 Å². The summed E-state index contributed by atoms with van der Waals surface area (Å²) in [5.74, 6) is -1.04. The van der Waals surface area contributed by atoms with Crippen molar-refractivity contribution in [3.05, 3.63) is 51.2 Å². The topological polar surface area (TPSA) is 92.3 Å². The number of aryl methyl sites for hydroxylation is 1. The van der Waals surface area contributed by atoms with Crippen LogP contribution in [0.25, 0.3) is 0 Å². The number of ether oxygens (including phenoxy) is 1. The van der Waals surface area contributed by atoms with Gasteiger partial charge in [-0.3, -0.25) is 10.1 Å². The van der Waals surface area contributed by atoms with Crippen molar-refractivity contribution in [3.63, 3.8) is 0 Å². The Balaban J connectivity index is 2.39. The minimum atomic E-state index is -0.695. The number of amides is 1. The Labute approximate surface area is 134 Å². The Bertz CT molecular complexity index is 789. The lowest BCUT2D eigenvalue weighted by atomic mass is 10.1. The van der Waals surface area contributed by atoms with Gasteiger partial charge in [0.2, 0.25) is 5.88 Å². The average Bonchev–Trinajstić information content (AvgIpc) is 2.82. The number of hydrogen-bond acceptors (Lipinski definition) is 5. The van der Waals surface area contributed by atoms with E-state index in [1.54, 1.807) is 24.3 Å². The van der Waals surface area contributed by atoms with E-state index in [0.717, 1.165) is 0 Å². The predicted molar refractivity (Wildman–Crippen MR) is 81.6 cm³/mol. The van der Waals surface area contributed by atoms with Gasteiger partial charge in [-0.2, -0.15) is 5.26 Å². The molecular formula is C15H11BrN2O4. The fraction of sp³-hybridized carbons (Fsp3) is 0.133. The van der Waals surface area contributed by atoms with Gasteiger partial charge in [0.15, 0.2) is 0 Å². The Hall–Kier alpha value is -2.59. The number of esters is 1. The maximum atomic E-state index is 12.2. The number of carbonyl (C=O) groups excluding carboxylic acids is 2. The SMILES string of the molecule is COC(=O)c1c(C)oc(NC(=O)c2ccccc2Br)c1C#N. The van der Waals surface area contributed by atoms with Gasteiger partial charge >= 0.3 is 5.97 Å². The van der Waals surface area contributed by atoms with Crippen LogP contribution in [0.2, 0.25) is 0 Å². The number of rotatable bonds is 3. The zero-order valence-corrected chi connectivity index (χ0v) is 13.4. The first-order chi connectivity index (χ1) is 10.5. The second-order valence-electron chi connectivity index (χ2n) is 4.27. The number of methoxy groups -OCH3 is 1. The summed E-state index contributed by atoms with van der Waals surface area (Å²) in [5, 5.41) is 11.7. The molecule has 2 rings (SSSR count). The van der Waals surface area contributed by atoms with Gasteiger partial charge in [0.05, 0.1) is 12.7 Å². The third-order valence-electron chi connectivity index (χ3n) is 2.93. The first-order valence-electron chi connectivity index (χ1n) is 6.17. The summed E-state index contributed by atoms with van der Waals surface area (Å²) in [6.45, 7) is 1.52. The lowest BCUT2D eigenvalue weighted by Gasteiger charge is -2.04. The molecule has 6 nitrogen and oxygen atoms in total. The molecule has 0 spiro atoms. The van der Waals surface area contributed by atoms with Crippen molar-refractivity contribution >= 4 is 33.7 Å². The maximum Gasteiger partial charge on any atom is 0.342 e. The largest absolute Gasteiger partial charge is 0.465 e. The molecule has 0 saturated heterocycles. The van der Waals surface area contributed by atoms with Crippen molar-refractivity contribution in [3.8, 4) is 6.07 Å². The van der Waals surface area contributed by atoms with Crippen LogP contribution in [0.5, 0.6) is 0 Å². The van der Waals surface area contributed by atoms with E-state index < -0.39 is 11.9 Å². The number of nitriles is 1. The molecule has 1 N–H and O–H groups in total. The molecule has 0 aliphatic heterocycles. The summed E-state index contributed by atoms with van der Waals surface area (Å²) >= 11 is 3.27. The van der Waals surface area contributed by atoms with Crippen LogP contribution in [0.1, 0.15) is 32.0 Å². The zero-order chi connectivity index (χ0) is 16.3. The fourth-order valence-corrected chi connectivity index (χ4v) is 2.37. The second kappa shape index (κ2) is 6.45. The number of nitrogens with zero attached hydrogens (tertiary/aromatic N) is 1. The smallest absolute Gasteiger partial charge is 0.342 e. The van der Waals surface area contributed by atoms with E-state index >= 15 is 0 Å². The maximum absolute atomic E-state index is 12.2. The van der Waals surface area contributed by atoms with Gasteiger partial charge in [-0.05, 0) is 35.0 Å². The van der Waals surface area contributed by atoms with Gasteiger partial charge in [-0.15, -0.1) is 0 Å². The standard InChI is InChI=1S/C15H11BrN2O4/c1-8-12(15(20)21-2)10(7-17)14(22-8)18-13(19)9-5-3-4-6-11(9)16/h3-6H,1-2H3,(H,18,19). The summed E-state index contributed by atoms with van der Waals surface area (Å²) < 4.78 is 10.5. The highest BCUT2D eigenvalue weighted by molar-refractivity contribution is 9.10. The quantitative estimate of drug-likeness (QED) is 0.845. The van der Waals surface area contributed by atoms with E-state index in [0.29, 0.717) is 10.0 Å². The molecule has 2 aromatic rings. The Morgan fingerprint density at radius 1 is 1.36 bits per heavy atom. The average molecular weight is 363 g/mol. The molecule has 0 aliphatic rings. The van der Waals surface area contributed by atoms with Crippen molar-refractivity contribution in [2.75, 3.05) is 12.4 Å². The first-order valence-corrected chi connectivity index (χ1v) is 6.96. The van der Waals surface area contributed by atoms with E-state index in [1.807, 2.05) is 6.07 Å². The molecule has 0 unspecified atom stereocenters. The molecule has 0 saturated carbocycles. The molecule has 22 heavy (non-hydrogen) atoms. The second-order valence-corrected chi connectivity index (χ2v) is 5.13. The number of furan rings is 1. The normalized spacial score (nSPS) is 9.91. The highest BCUT2D eigenvalue weighted by atomic mass is 79.9. The number of benzene rings is 1. The summed E-state index contributed by atoms with van der Waals surface area (Å²) in [6.07, 6.45) is 0. The van der Waals surface area contributed by atoms with Crippen LogP contribution in [0.4, 0.5) is 5.88 Å². The monoisotopic (exact) mass is 362 g/mol. The molecule has 0 bridgehead atoms. The molecule has 1 heterocycles. The molecule has 0 radical (unpaired) electrons. The molecule has 1 aromatic heterocycles. The molecule has 1 aromatic carbocycles. The fourth-order valence-electron chi connectivity index (χ4n) is 1.90. The molecule has 1 amide bonds. The van der Waals surface area contributed by atoms with E-state index in [-0.39, 0.29) is 22.8 Å². The van der Waals surface area contributed by atoms with Gasteiger partial charge in [0.25, 0.3) is 5.91 Å². The Morgan fingerprint density at radius 3 is 2.64 bits per heavy atom. The summed E-state index contributed by atoms with van der Waals surface area (Å²) in [6, 6.07) is 8.66. The predicted octanol–water partition coefficient (Wildman–Crippen LogP) is 3.26. The van der Waals surface area contributed by atoms with Crippen molar-refractivity contribution in [2.45, 2.75) is 6.92 Å². The highest BCUT2D eigenvalue weighted by Gasteiger charge is 2.25. The molecule has 112 valence electrons. The summed E-state index contributed by atoms with van der Waals surface area (Å²) in [4.78, 5) is 23.9. The lowest BCUT2D eigenvalue weighted by Crippen LogP contribution is -2.13. The number of nitrogens with one attached hydrogen (secondary N) is 1. The molecule has 7 heteroatoms. The molecule has 0 atom stereocenters. The van der Waals surface area contributed by atoms with Gasteiger partial charge in [0, 0.05) is 4.47 Å². The third kappa shape index (κ3) is 2.87. The summed E-state index contributed by atoms with van der Waals surface area (Å²) in [7, 11) is 1.20. The van der Waals surface area contributed by atoms with Gasteiger partial charge in [0.1, 0.15) is 23.0 Å². The van der Waals surface area contributed by atoms with Crippen molar-refractivity contribution in [1.29, 1.82) is 5.26 Å². The number of hydrogen-bond donors (Lipinski definition) is 1. The van der Waals surface area contributed by atoms with E-state index in [9.17, 15) is 14.9 Å².